The third-order valence-electron chi connectivity index (χ3n) is 2.70. The van der Waals surface area contributed by atoms with Crippen LogP contribution in [0.15, 0.2) is 41.3 Å². The summed E-state index contributed by atoms with van der Waals surface area (Å²) in [6, 6.07) is 9.51. The number of hydrogen-bond acceptors (Lipinski definition) is 2. The summed E-state index contributed by atoms with van der Waals surface area (Å²) >= 11 is 5.81. The van der Waals surface area contributed by atoms with Crippen molar-refractivity contribution in [1.82, 2.24) is 0 Å². The lowest BCUT2D eigenvalue weighted by Crippen LogP contribution is -2.02. The molecular weight excluding hydrogens is 285 g/mol. The van der Waals surface area contributed by atoms with Gasteiger partial charge >= 0.3 is 0 Å². The molecule has 0 amide bonds. The van der Waals surface area contributed by atoms with Gasteiger partial charge < -0.3 is 5.73 Å². The maximum atomic E-state index is 13.6. The Morgan fingerprint density at radius 3 is 2.68 bits per heavy atom. The number of halogens is 2. The van der Waals surface area contributed by atoms with Crippen LogP contribution in [-0.4, -0.2) is 4.21 Å². The molecule has 1 unspecified atom stereocenters. The predicted octanol–water partition coefficient (Wildman–Crippen LogP) is 3.68. The second-order valence-electron chi connectivity index (χ2n) is 4.27. The normalized spacial score (nSPS) is 12.4. The van der Waals surface area contributed by atoms with Crippen LogP contribution in [0.5, 0.6) is 0 Å². The summed E-state index contributed by atoms with van der Waals surface area (Å²) in [5, 5.41) is 0.422. The molecule has 0 aliphatic heterocycles. The van der Waals surface area contributed by atoms with E-state index in [0.29, 0.717) is 21.2 Å². The fourth-order valence-electron chi connectivity index (χ4n) is 1.75. The minimum atomic E-state index is -1.40. The molecule has 0 heterocycles. The van der Waals surface area contributed by atoms with Gasteiger partial charge in [0.15, 0.2) is 0 Å². The zero-order valence-electron chi connectivity index (χ0n) is 10.3. The van der Waals surface area contributed by atoms with Crippen LogP contribution < -0.4 is 5.73 Å². The molecule has 0 aromatic heterocycles. The Labute approximate surface area is 118 Å². The number of nitrogens with two attached hydrogens (primary N) is 1. The van der Waals surface area contributed by atoms with Crippen LogP contribution in [0.25, 0.3) is 0 Å². The quantitative estimate of drug-likeness (QED) is 0.878. The van der Waals surface area contributed by atoms with Gasteiger partial charge in [0.25, 0.3) is 0 Å². The van der Waals surface area contributed by atoms with Crippen molar-refractivity contribution in [3.05, 3.63) is 58.4 Å². The van der Waals surface area contributed by atoms with Gasteiger partial charge in [-0.2, -0.15) is 0 Å². The molecule has 100 valence electrons. The molecule has 0 fully saturated rings. The number of aryl methyl sites for hydroxylation is 1. The minimum Gasteiger partial charge on any atom is -0.398 e. The lowest BCUT2D eigenvalue weighted by atomic mass is 10.2. The summed E-state index contributed by atoms with van der Waals surface area (Å²) in [7, 11) is -1.40. The number of anilines is 1. The Morgan fingerprint density at radius 1 is 1.26 bits per heavy atom. The van der Waals surface area contributed by atoms with Crippen molar-refractivity contribution < 1.29 is 8.60 Å². The second kappa shape index (κ2) is 5.72. The van der Waals surface area contributed by atoms with Gasteiger partial charge in [-0.25, -0.2) is 4.39 Å². The van der Waals surface area contributed by atoms with Crippen LogP contribution in [0.4, 0.5) is 10.1 Å². The first-order valence-electron chi connectivity index (χ1n) is 5.66. The van der Waals surface area contributed by atoms with Crippen molar-refractivity contribution in [2.75, 3.05) is 5.73 Å². The standard InChI is InChI=1S/C14H13ClFNOS/c1-9-2-5-14(13(17)6-9)19(18)8-10-7-11(15)3-4-12(10)16/h2-7H,8,17H2,1H3. The lowest BCUT2D eigenvalue weighted by molar-refractivity contribution is 0.615. The zero-order valence-corrected chi connectivity index (χ0v) is 11.9. The monoisotopic (exact) mass is 297 g/mol. The largest absolute Gasteiger partial charge is 0.398 e. The summed E-state index contributed by atoms with van der Waals surface area (Å²) < 4.78 is 25.8. The summed E-state index contributed by atoms with van der Waals surface area (Å²) in [4.78, 5) is 0.518. The Hall–Kier alpha value is -1.39. The smallest absolute Gasteiger partial charge is 0.127 e. The van der Waals surface area contributed by atoms with E-state index in [1.54, 1.807) is 12.1 Å². The van der Waals surface area contributed by atoms with Gasteiger partial charge in [-0.1, -0.05) is 17.7 Å². The third-order valence-corrected chi connectivity index (χ3v) is 4.38. The van der Waals surface area contributed by atoms with Crippen molar-refractivity contribution in [3.63, 3.8) is 0 Å². The van der Waals surface area contributed by atoms with Crippen molar-refractivity contribution >= 4 is 28.1 Å². The topological polar surface area (TPSA) is 43.1 Å². The van der Waals surface area contributed by atoms with Gasteiger partial charge in [0.2, 0.25) is 0 Å². The van der Waals surface area contributed by atoms with Gasteiger partial charge in [0.05, 0.1) is 21.4 Å². The Kier molecular flexibility index (Phi) is 4.22. The highest BCUT2D eigenvalue weighted by atomic mass is 35.5. The summed E-state index contributed by atoms with van der Waals surface area (Å²) in [5.74, 6) is -0.358. The van der Waals surface area contributed by atoms with E-state index in [2.05, 4.69) is 0 Å². The highest BCUT2D eigenvalue weighted by Crippen LogP contribution is 2.23. The van der Waals surface area contributed by atoms with Gasteiger partial charge in [-0.05, 0) is 42.8 Å². The summed E-state index contributed by atoms with van der Waals surface area (Å²) in [6.07, 6.45) is 0. The van der Waals surface area contributed by atoms with Crippen molar-refractivity contribution in [2.45, 2.75) is 17.6 Å². The molecule has 2 aromatic rings. The SMILES string of the molecule is Cc1ccc(S(=O)Cc2cc(Cl)ccc2F)c(N)c1. The molecule has 0 radical (unpaired) electrons. The molecule has 2 nitrogen and oxygen atoms in total. The molecule has 0 saturated carbocycles. The fraction of sp³-hybridized carbons (Fsp3) is 0.143. The van der Waals surface area contributed by atoms with Crippen molar-refractivity contribution in [3.8, 4) is 0 Å². The first-order chi connectivity index (χ1) is 8.97. The lowest BCUT2D eigenvalue weighted by Gasteiger charge is -2.08. The molecule has 0 aliphatic carbocycles. The molecule has 5 heteroatoms. The maximum Gasteiger partial charge on any atom is 0.127 e. The van der Waals surface area contributed by atoms with Gasteiger partial charge in [-0.3, -0.25) is 4.21 Å². The van der Waals surface area contributed by atoms with Crippen LogP contribution in [0.2, 0.25) is 5.02 Å². The molecule has 0 saturated heterocycles. The molecule has 0 bridgehead atoms. The average Bonchev–Trinajstić information content (AvgIpc) is 2.33. The van der Waals surface area contributed by atoms with Crippen LogP contribution in [-0.2, 0) is 16.6 Å². The van der Waals surface area contributed by atoms with E-state index < -0.39 is 16.6 Å². The predicted molar refractivity (Wildman–Crippen MR) is 77.1 cm³/mol. The zero-order chi connectivity index (χ0) is 14.0. The van der Waals surface area contributed by atoms with E-state index in [1.807, 2.05) is 13.0 Å². The molecule has 2 aromatic carbocycles. The number of rotatable bonds is 3. The second-order valence-corrected chi connectivity index (χ2v) is 6.12. The van der Waals surface area contributed by atoms with E-state index in [4.69, 9.17) is 17.3 Å². The van der Waals surface area contributed by atoms with E-state index in [0.717, 1.165) is 5.56 Å². The minimum absolute atomic E-state index is 0.0552. The molecule has 1 atom stereocenters. The molecular formula is C14H13ClFNOS. The average molecular weight is 298 g/mol. The molecule has 2 rings (SSSR count). The Bertz CT molecular complexity index is 645. The van der Waals surface area contributed by atoms with Crippen LogP contribution in [0.1, 0.15) is 11.1 Å². The fourth-order valence-corrected chi connectivity index (χ4v) is 3.14. The Morgan fingerprint density at radius 2 is 2.00 bits per heavy atom. The van der Waals surface area contributed by atoms with Crippen molar-refractivity contribution in [2.24, 2.45) is 0 Å². The number of nitrogen functional groups attached to an aromatic ring is 1. The third kappa shape index (κ3) is 3.33. The van der Waals surface area contributed by atoms with E-state index in [-0.39, 0.29) is 5.75 Å². The molecule has 0 spiro atoms. The first-order valence-corrected chi connectivity index (χ1v) is 7.35. The summed E-state index contributed by atoms with van der Waals surface area (Å²) in [5.41, 5.74) is 7.61. The number of benzene rings is 2. The molecule has 0 aliphatic rings. The van der Waals surface area contributed by atoms with Gasteiger partial charge in [-0.15, -0.1) is 0 Å². The van der Waals surface area contributed by atoms with Gasteiger partial charge in [0.1, 0.15) is 5.82 Å². The van der Waals surface area contributed by atoms with E-state index in [1.165, 1.54) is 18.2 Å². The number of hydrogen-bond donors (Lipinski definition) is 1. The molecule has 19 heavy (non-hydrogen) atoms. The van der Waals surface area contributed by atoms with Crippen LogP contribution in [0, 0.1) is 12.7 Å². The van der Waals surface area contributed by atoms with Crippen LogP contribution in [0.3, 0.4) is 0 Å². The maximum absolute atomic E-state index is 13.6. The highest BCUT2D eigenvalue weighted by Gasteiger charge is 2.12. The van der Waals surface area contributed by atoms with Crippen LogP contribution >= 0.6 is 11.6 Å². The van der Waals surface area contributed by atoms with Crippen molar-refractivity contribution in [1.29, 1.82) is 0 Å². The van der Waals surface area contributed by atoms with Gasteiger partial charge in [0, 0.05) is 16.3 Å². The highest BCUT2D eigenvalue weighted by molar-refractivity contribution is 7.84. The van der Waals surface area contributed by atoms with E-state index >= 15 is 0 Å². The Balaban J connectivity index is 2.28. The first kappa shape index (κ1) is 14.0. The molecule has 2 N–H and O–H groups in total. The van der Waals surface area contributed by atoms with E-state index in [9.17, 15) is 8.60 Å². The summed E-state index contributed by atoms with van der Waals surface area (Å²) in [6.45, 7) is 1.90.